The van der Waals surface area contributed by atoms with Crippen molar-refractivity contribution in [2.75, 3.05) is 34.3 Å². The van der Waals surface area contributed by atoms with Gasteiger partial charge < -0.3 is 24.7 Å². The smallest absolute Gasteiger partial charge is 0.295 e. The predicted molar refractivity (Wildman–Crippen MR) is 123 cm³/mol. The van der Waals surface area contributed by atoms with Gasteiger partial charge in [-0.05, 0) is 75.8 Å². The highest BCUT2D eigenvalue weighted by atomic mass is 16.5. The van der Waals surface area contributed by atoms with Crippen LogP contribution in [0.3, 0.4) is 0 Å². The molecule has 0 radical (unpaired) electrons. The van der Waals surface area contributed by atoms with Crippen LogP contribution in [0.1, 0.15) is 34.7 Å². The van der Waals surface area contributed by atoms with Crippen LogP contribution in [0.25, 0.3) is 5.76 Å². The van der Waals surface area contributed by atoms with E-state index >= 15 is 0 Å². The average molecular weight is 439 g/mol. The molecule has 2 aromatic rings. The van der Waals surface area contributed by atoms with Crippen LogP contribution in [0.15, 0.2) is 42.0 Å². The summed E-state index contributed by atoms with van der Waals surface area (Å²) in [5.74, 6) is -1.23. The topological polar surface area (TPSA) is 90.3 Å². The highest BCUT2D eigenvalue weighted by Crippen LogP contribution is 2.42. The lowest BCUT2D eigenvalue weighted by molar-refractivity contribution is -0.139. The van der Waals surface area contributed by atoms with Crippen molar-refractivity contribution >= 4 is 17.4 Å². The number of phenols is 1. The van der Waals surface area contributed by atoms with Gasteiger partial charge in [0.15, 0.2) is 0 Å². The Hall–Kier alpha value is -3.32. The molecule has 0 saturated carbocycles. The van der Waals surface area contributed by atoms with Crippen molar-refractivity contribution in [3.8, 4) is 11.5 Å². The summed E-state index contributed by atoms with van der Waals surface area (Å²) in [6.45, 7) is 4.81. The first-order valence-corrected chi connectivity index (χ1v) is 10.5. The molecule has 0 spiro atoms. The number of aryl methyl sites for hydroxylation is 2. The van der Waals surface area contributed by atoms with Crippen molar-refractivity contribution in [3.05, 3.63) is 64.2 Å². The Balaban J connectivity index is 2.20. The molecule has 1 fully saturated rings. The number of aliphatic hydroxyl groups excluding tert-OH is 1. The zero-order valence-electron chi connectivity index (χ0n) is 19.2. The number of hydrogen-bond donors (Lipinski definition) is 2. The van der Waals surface area contributed by atoms with Gasteiger partial charge in [0.2, 0.25) is 0 Å². The SMILES string of the molecule is COc1c(C)cc(C)cc1/C(O)=C1\C(=O)C(=O)N(CCCN(C)C)C1c1cccc(O)c1. The molecule has 3 rings (SSSR count). The van der Waals surface area contributed by atoms with Crippen molar-refractivity contribution in [2.45, 2.75) is 26.3 Å². The molecule has 32 heavy (non-hydrogen) atoms. The van der Waals surface area contributed by atoms with Crippen LogP contribution in [0, 0.1) is 13.8 Å². The van der Waals surface area contributed by atoms with Crippen LogP contribution in [0.5, 0.6) is 11.5 Å². The van der Waals surface area contributed by atoms with E-state index in [1.807, 2.05) is 38.9 Å². The molecule has 1 aliphatic heterocycles. The number of amides is 1. The number of likely N-dealkylation sites (tertiary alicyclic amines) is 1. The maximum atomic E-state index is 13.1. The summed E-state index contributed by atoms with van der Waals surface area (Å²) >= 11 is 0. The molecule has 1 atom stereocenters. The molecule has 2 aromatic carbocycles. The fourth-order valence-corrected chi connectivity index (χ4v) is 4.26. The second kappa shape index (κ2) is 9.44. The minimum absolute atomic E-state index is 0.00578. The molecule has 2 N–H and O–H groups in total. The van der Waals surface area contributed by atoms with Crippen LogP contribution in [-0.4, -0.2) is 66.0 Å². The van der Waals surface area contributed by atoms with E-state index in [9.17, 15) is 19.8 Å². The summed E-state index contributed by atoms with van der Waals surface area (Å²) in [7, 11) is 5.38. The third-order valence-electron chi connectivity index (χ3n) is 5.61. The van der Waals surface area contributed by atoms with Gasteiger partial charge in [0.1, 0.15) is 17.3 Å². The Morgan fingerprint density at radius 1 is 1.16 bits per heavy atom. The summed E-state index contributed by atoms with van der Waals surface area (Å²) in [6.07, 6.45) is 0.655. The maximum Gasteiger partial charge on any atom is 0.295 e. The number of ether oxygens (including phenoxy) is 1. The van der Waals surface area contributed by atoms with Crippen LogP contribution >= 0.6 is 0 Å². The number of methoxy groups -OCH3 is 1. The van der Waals surface area contributed by atoms with Crippen molar-refractivity contribution in [1.29, 1.82) is 0 Å². The van der Waals surface area contributed by atoms with E-state index in [2.05, 4.69) is 0 Å². The quantitative estimate of drug-likeness (QED) is 0.391. The lowest BCUT2D eigenvalue weighted by atomic mass is 9.93. The first-order valence-electron chi connectivity index (χ1n) is 10.5. The summed E-state index contributed by atoms with van der Waals surface area (Å²) in [6, 6.07) is 9.27. The Morgan fingerprint density at radius 3 is 2.50 bits per heavy atom. The Kier molecular flexibility index (Phi) is 6.89. The van der Waals surface area contributed by atoms with E-state index in [4.69, 9.17) is 4.74 Å². The van der Waals surface area contributed by atoms with Gasteiger partial charge in [-0.2, -0.15) is 0 Å². The second-order valence-electron chi connectivity index (χ2n) is 8.41. The molecule has 1 saturated heterocycles. The fraction of sp³-hybridized carbons (Fsp3) is 0.360. The predicted octanol–water partition coefficient (Wildman–Crippen LogP) is 3.39. The number of aliphatic hydroxyl groups is 1. The zero-order chi connectivity index (χ0) is 23.6. The van der Waals surface area contributed by atoms with Gasteiger partial charge in [0.05, 0.1) is 24.3 Å². The van der Waals surface area contributed by atoms with E-state index in [-0.39, 0.29) is 17.1 Å². The van der Waals surface area contributed by atoms with Gasteiger partial charge in [-0.15, -0.1) is 0 Å². The van der Waals surface area contributed by atoms with Crippen molar-refractivity contribution < 1.29 is 24.5 Å². The van der Waals surface area contributed by atoms with E-state index in [0.29, 0.717) is 29.8 Å². The van der Waals surface area contributed by atoms with Gasteiger partial charge in [-0.25, -0.2) is 0 Å². The van der Waals surface area contributed by atoms with Crippen molar-refractivity contribution in [2.24, 2.45) is 0 Å². The average Bonchev–Trinajstić information content (AvgIpc) is 2.97. The first kappa shape index (κ1) is 23.3. The number of carbonyl (C=O) groups is 2. The molecular weight excluding hydrogens is 408 g/mol. The van der Waals surface area contributed by atoms with Crippen LogP contribution in [0.4, 0.5) is 0 Å². The number of carbonyl (C=O) groups excluding carboxylic acids is 2. The van der Waals surface area contributed by atoms with Gasteiger partial charge in [0, 0.05) is 6.54 Å². The first-order chi connectivity index (χ1) is 15.1. The summed E-state index contributed by atoms with van der Waals surface area (Å²) in [5.41, 5.74) is 2.61. The van der Waals surface area contributed by atoms with Crippen molar-refractivity contribution in [3.63, 3.8) is 0 Å². The Bertz CT molecular complexity index is 1070. The summed E-state index contributed by atoms with van der Waals surface area (Å²) < 4.78 is 5.50. The number of Topliss-reactive ketones (excluding diaryl/α,β-unsaturated/α-hetero) is 1. The third kappa shape index (κ3) is 4.48. The van der Waals surface area contributed by atoms with Crippen LogP contribution in [0.2, 0.25) is 0 Å². The molecule has 0 bridgehead atoms. The molecule has 1 unspecified atom stereocenters. The highest BCUT2D eigenvalue weighted by Gasteiger charge is 2.46. The van der Waals surface area contributed by atoms with E-state index in [0.717, 1.165) is 17.7 Å². The monoisotopic (exact) mass is 438 g/mol. The molecule has 7 nitrogen and oxygen atoms in total. The standard InChI is InChI=1S/C25H30N2O5/c1-15-12-16(2)24(32-5)19(13-15)22(29)20-21(17-8-6-9-18(28)14-17)27(25(31)23(20)30)11-7-10-26(3)4/h6,8-9,12-14,21,28-29H,7,10-11H2,1-5H3/b22-20+. The number of ketones is 1. The van der Waals surface area contributed by atoms with Gasteiger partial charge >= 0.3 is 0 Å². The molecule has 1 amide bonds. The number of benzene rings is 2. The Morgan fingerprint density at radius 2 is 1.88 bits per heavy atom. The number of phenolic OH excluding ortho intramolecular Hbond substituents is 1. The maximum absolute atomic E-state index is 13.1. The lowest BCUT2D eigenvalue weighted by Gasteiger charge is -2.26. The molecule has 1 aliphatic rings. The number of rotatable bonds is 7. The minimum atomic E-state index is -0.810. The lowest BCUT2D eigenvalue weighted by Crippen LogP contribution is -2.32. The van der Waals surface area contributed by atoms with Crippen LogP contribution in [-0.2, 0) is 9.59 Å². The summed E-state index contributed by atoms with van der Waals surface area (Å²) in [5, 5.41) is 21.4. The summed E-state index contributed by atoms with van der Waals surface area (Å²) in [4.78, 5) is 29.6. The number of nitrogens with zero attached hydrogens (tertiary/aromatic N) is 2. The van der Waals surface area contributed by atoms with E-state index in [1.54, 1.807) is 18.2 Å². The normalized spacial score (nSPS) is 17.9. The van der Waals surface area contributed by atoms with Crippen LogP contribution < -0.4 is 4.74 Å². The van der Waals surface area contributed by atoms with E-state index < -0.39 is 17.7 Å². The number of hydrogen-bond acceptors (Lipinski definition) is 6. The molecule has 170 valence electrons. The van der Waals surface area contributed by atoms with Crippen molar-refractivity contribution in [1.82, 2.24) is 9.80 Å². The largest absolute Gasteiger partial charge is 0.508 e. The number of aromatic hydroxyl groups is 1. The molecule has 7 heteroatoms. The highest BCUT2D eigenvalue weighted by molar-refractivity contribution is 6.46. The fourth-order valence-electron chi connectivity index (χ4n) is 4.26. The zero-order valence-corrected chi connectivity index (χ0v) is 19.2. The van der Waals surface area contributed by atoms with Gasteiger partial charge in [-0.1, -0.05) is 18.2 Å². The molecular formula is C25H30N2O5. The van der Waals surface area contributed by atoms with Gasteiger partial charge in [0.25, 0.3) is 11.7 Å². The molecule has 0 aliphatic carbocycles. The van der Waals surface area contributed by atoms with Gasteiger partial charge in [-0.3, -0.25) is 9.59 Å². The Labute approximate surface area is 188 Å². The van der Waals surface area contributed by atoms with E-state index in [1.165, 1.54) is 24.1 Å². The molecule has 1 heterocycles. The minimum Gasteiger partial charge on any atom is -0.508 e. The third-order valence-corrected chi connectivity index (χ3v) is 5.61. The second-order valence-corrected chi connectivity index (χ2v) is 8.41. The molecule has 0 aromatic heterocycles.